The standard InChI is InChI=1S/C11H21NO2S/c1-9-7-8-12(15(2,13)14)11-6-4-3-5-10(9)11/h9-11H,3-8H2,1-2H3/t9-,10-,11-/m1/s1. The molecule has 1 heterocycles. The molecule has 0 amide bonds. The average molecular weight is 231 g/mol. The molecule has 3 nitrogen and oxygen atoms in total. The molecule has 88 valence electrons. The van der Waals surface area contributed by atoms with E-state index in [0.717, 1.165) is 19.4 Å². The van der Waals surface area contributed by atoms with E-state index in [1.807, 2.05) is 0 Å². The van der Waals surface area contributed by atoms with Crippen LogP contribution in [0.2, 0.25) is 0 Å². The normalized spacial score (nSPS) is 38.7. The van der Waals surface area contributed by atoms with Gasteiger partial charge >= 0.3 is 0 Å². The van der Waals surface area contributed by atoms with E-state index in [4.69, 9.17) is 0 Å². The van der Waals surface area contributed by atoms with Crippen LogP contribution in [0.25, 0.3) is 0 Å². The lowest BCUT2D eigenvalue weighted by Gasteiger charge is -2.45. The quantitative estimate of drug-likeness (QED) is 0.690. The molecule has 1 saturated heterocycles. The van der Waals surface area contributed by atoms with Crippen LogP contribution in [0, 0.1) is 11.8 Å². The summed E-state index contributed by atoms with van der Waals surface area (Å²) in [5.74, 6) is 1.32. The monoisotopic (exact) mass is 231 g/mol. The van der Waals surface area contributed by atoms with Crippen molar-refractivity contribution >= 4 is 10.0 Å². The zero-order chi connectivity index (χ0) is 11.1. The average Bonchev–Trinajstić information content (AvgIpc) is 2.17. The third kappa shape index (κ3) is 2.21. The third-order valence-corrected chi connectivity index (χ3v) is 5.42. The second-order valence-corrected chi connectivity index (χ2v) is 7.09. The first kappa shape index (κ1) is 11.4. The van der Waals surface area contributed by atoms with Crippen LogP contribution in [-0.4, -0.2) is 31.6 Å². The second-order valence-electron chi connectivity index (χ2n) is 5.16. The van der Waals surface area contributed by atoms with Crippen LogP contribution in [0.15, 0.2) is 0 Å². The third-order valence-electron chi connectivity index (χ3n) is 4.11. The van der Waals surface area contributed by atoms with Gasteiger partial charge in [0.2, 0.25) is 10.0 Å². The first-order chi connectivity index (χ1) is 7.00. The van der Waals surface area contributed by atoms with Gasteiger partial charge in [-0.1, -0.05) is 19.8 Å². The summed E-state index contributed by atoms with van der Waals surface area (Å²) in [7, 11) is -2.99. The molecule has 2 fully saturated rings. The molecule has 1 aliphatic heterocycles. The van der Waals surface area contributed by atoms with Crippen molar-refractivity contribution in [1.82, 2.24) is 4.31 Å². The van der Waals surface area contributed by atoms with Crippen LogP contribution in [0.3, 0.4) is 0 Å². The zero-order valence-electron chi connectivity index (χ0n) is 9.65. The number of fused-ring (bicyclic) bond motifs is 1. The van der Waals surface area contributed by atoms with E-state index in [9.17, 15) is 8.42 Å². The number of nitrogens with zero attached hydrogens (tertiary/aromatic N) is 1. The van der Waals surface area contributed by atoms with Gasteiger partial charge in [-0.3, -0.25) is 0 Å². The van der Waals surface area contributed by atoms with Gasteiger partial charge in [-0.15, -0.1) is 0 Å². The lowest BCUT2D eigenvalue weighted by atomic mass is 9.74. The summed E-state index contributed by atoms with van der Waals surface area (Å²) in [6, 6.07) is 0.303. The first-order valence-electron chi connectivity index (χ1n) is 5.97. The highest BCUT2D eigenvalue weighted by Crippen LogP contribution is 2.39. The van der Waals surface area contributed by atoms with Crippen LogP contribution in [-0.2, 0) is 10.0 Å². The first-order valence-corrected chi connectivity index (χ1v) is 7.82. The van der Waals surface area contributed by atoms with E-state index in [-0.39, 0.29) is 0 Å². The highest BCUT2D eigenvalue weighted by atomic mass is 32.2. The van der Waals surface area contributed by atoms with Gasteiger partial charge in [0.15, 0.2) is 0 Å². The molecule has 0 radical (unpaired) electrons. The Hall–Kier alpha value is -0.0900. The van der Waals surface area contributed by atoms with Gasteiger partial charge in [0, 0.05) is 12.6 Å². The Balaban J connectivity index is 2.21. The Kier molecular flexibility index (Phi) is 3.08. The number of piperidine rings is 1. The fourth-order valence-corrected chi connectivity index (χ4v) is 4.47. The van der Waals surface area contributed by atoms with Crippen molar-refractivity contribution in [2.24, 2.45) is 11.8 Å². The second kappa shape index (κ2) is 4.06. The molecule has 3 atom stereocenters. The molecule has 4 heteroatoms. The molecule has 0 bridgehead atoms. The van der Waals surface area contributed by atoms with Crippen molar-refractivity contribution in [3.05, 3.63) is 0 Å². The topological polar surface area (TPSA) is 37.4 Å². The molecule has 1 aliphatic carbocycles. The summed E-state index contributed by atoms with van der Waals surface area (Å²) in [4.78, 5) is 0. The highest BCUT2D eigenvalue weighted by molar-refractivity contribution is 7.88. The molecule has 2 rings (SSSR count). The molecule has 15 heavy (non-hydrogen) atoms. The minimum atomic E-state index is -2.99. The summed E-state index contributed by atoms with van der Waals surface area (Å²) in [6.45, 7) is 3.02. The van der Waals surface area contributed by atoms with Crippen molar-refractivity contribution in [2.75, 3.05) is 12.8 Å². The summed E-state index contributed by atoms with van der Waals surface area (Å²) < 4.78 is 25.1. The van der Waals surface area contributed by atoms with E-state index in [1.54, 1.807) is 4.31 Å². The van der Waals surface area contributed by atoms with Gasteiger partial charge in [0.25, 0.3) is 0 Å². The van der Waals surface area contributed by atoms with Crippen molar-refractivity contribution < 1.29 is 8.42 Å². The fourth-order valence-electron chi connectivity index (χ4n) is 3.28. The molecule has 0 N–H and O–H groups in total. The maximum absolute atomic E-state index is 11.7. The lowest BCUT2D eigenvalue weighted by Crippen LogP contribution is -2.51. The Morgan fingerprint density at radius 2 is 1.80 bits per heavy atom. The van der Waals surface area contributed by atoms with E-state index in [1.165, 1.54) is 25.5 Å². The van der Waals surface area contributed by atoms with Crippen LogP contribution in [0.5, 0.6) is 0 Å². The smallest absolute Gasteiger partial charge is 0.211 e. The van der Waals surface area contributed by atoms with Gasteiger partial charge in [-0.2, -0.15) is 4.31 Å². The van der Waals surface area contributed by atoms with Gasteiger partial charge < -0.3 is 0 Å². The maximum Gasteiger partial charge on any atom is 0.211 e. The zero-order valence-corrected chi connectivity index (χ0v) is 10.5. The van der Waals surface area contributed by atoms with Crippen molar-refractivity contribution in [3.63, 3.8) is 0 Å². The summed E-state index contributed by atoms with van der Waals surface area (Å²) in [5, 5.41) is 0. The number of rotatable bonds is 1. The molecule has 1 saturated carbocycles. The molecule has 2 aliphatic rings. The summed E-state index contributed by atoms with van der Waals surface area (Å²) in [5.41, 5.74) is 0. The molecule has 0 spiro atoms. The Labute approximate surface area is 92.9 Å². The molecule has 0 aromatic heterocycles. The van der Waals surface area contributed by atoms with Gasteiger partial charge in [-0.05, 0) is 31.1 Å². The largest absolute Gasteiger partial charge is 0.212 e. The van der Waals surface area contributed by atoms with E-state index in [2.05, 4.69) is 6.92 Å². The van der Waals surface area contributed by atoms with E-state index in [0.29, 0.717) is 17.9 Å². The Morgan fingerprint density at radius 1 is 1.13 bits per heavy atom. The molecular weight excluding hydrogens is 210 g/mol. The molecule has 0 aromatic rings. The molecular formula is C11H21NO2S. The van der Waals surface area contributed by atoms with Gasteiger partial charge in [0.1, 0.15) is 0 Å². The SMILES string of the molecule is C[C@@H]1CCN(S(C)(=O)=O)[C@@H]2CCCC[C@H]12. The summed E-state index contributed by atoms with van der Waals surface area (Å²) in [6.07, 6.45) is 7.16. The van der Waals surface area contributed by atoms with Crippen LogP contribution in [0.1, 0.15) is 39.0 Å². The van der Waals surface area contributed by atoms with Crippen LogP contribution in [0.4, 0.5) is 0 Å². The lowest BCUT2D eigenvalue weighted by molar-refractivity contribution is 0.0832. The Bertz CT molecular complexity index is 325. The predicted molar refractivity (Wildman–Crippen MR) is 61.1 cm³/mol. The van der Waals surface area contributed by atoms with Gasteiger partial charge in [0.05, 0.1) is 6.26 Å². The van der Waals surface area contributed by atoms with Crippen molar-refractivity contribution in [3.8, 4) is 0 Å². The molecule has 0 aromatic carbocycles. The predicted octanol–water partition coefficient (Wildman–Crippen LogP) is 1.85. The highest BCUT2D eigenvalue weighted by Gasteiger charge is 2.40. The number of sulfonamides is 1. The van der Waals surface area contributed by atoms with Crippen molar-refractivity contribution in [1.29, 1.82) is 0 Å². The number of hydrogen-bond acceptors (Lipinski definition) is 2. The fraction of sp³-hybridized carbons (Fsp3) is 1.00. The van der Waals surface area contributed by atoms with Crippen molar-refractivity contribution in [2.45, 2.75) is 45.1 Å². The van der Waals surface area contributed by atoms with E-state index >= 15 is 0 Å². The minimum absolute atomic E-state index is 0.303. The molecule has 0 unspecified atom stereocenters. The van der Waals surface area contributed by atoms with Gasteiger partial charge in [-0.25, -0.2) is 8.42 Å². The van der Waals surface area contributed by atoms with Crippen LogP contribution < -0.4 is 0 Å². The van der Waals surface area contributed by atoms with Crippen LogP contribution >= 0.6 is 0 Å². The maximum atomic E-state index is 11.7. The minimum Gasteiger partial charge on any atom is -0.212 e. The number of hydrogen-bond donors (Lipinski definition) is 0. The Morgan fingerprint density at radius 3 is 2.47 bits per heavy atom. The summed E-state index contributed by atoms with van der Waals surface area (Å²) >= 11 is 0. The van der Waals surface area contributed by atoms with E-state index < -0.39 is 10.0 Å².